The largest absolute Gasteiger partial charge is 0.496 e. The van der Waals surface area contributed by atoms with Gasteiger partial charge in [-0.3, -0.25) is 9.52 Å². The van der Waals surface area contributed by atoms with Crippen LogP contribution in [-0.4, -0.2) is 38.4 Å². The number of ether oxygens (including phenoxy) is 1. The first-order valence-corrected chi connectivity index (χ1v) is 11.4. The van der Waals surface area contributed by atoms with Crippen LogP contribution < -0.4 is 9.46 Å². The number of methoxy groups -OCH3 is 1. The summed E-state index contributed by atoms with van der Waals surface area (Å²) < 4.78 is 36.5. The molecule has 0 saturated carbocycles. The molecule has 3 aromatic rings. The Bertz CT molecular complexity index is 1240. The van der Waals surface area contributed by atoms with E-state index in [1.54, 1.807) is 60.9 Å². The molecule has 160 valence electrons. The van der Waals surface area contributed by atoms with E-state index in [0.717, 1.165) is 6.26 Å². The molecule has 8 nitrogen and oxygen atoms in total. The fraction of sp³-hybridized carbons (Fsp3) is 0.182. The van der Waals surface area contributed by atoms with Gasteiger partial charge in [0.1, 0.15) is 17.6 Å². The number of hydrazone groups is 1. The Kier molecular flexibility index (Phi) is 5.51. The van der Waals surface area contributed by atoms with Crippen LogP contribution in [-0.2, 0) is 10.0 Å². The highest BCUT2D eigenvalue weighted by Crippen LogP contribution is 2.35. The predicted octanol–water partition coefficient (Wildman–Crippen LogP) is 3.65. The average Bonchev–Trinajstić information content (AvgIpc) is 3.42. The first-order valence-electron chi connectivity index (χ1n) is 9.51. The van der Waals surface area contributed by atoms with Crippen molar-refractivity contribution in [3.8, 4) is 5.75 Å². The molecule has 2 heterocycles. The van der Waals surface area contributed by atoms with E-state index in [9.17, 15) is 13.2 Å². The van der Waals surface area contributed by atoms with Crippen molar-refractivity contribution < 1.29 is 22.4 Å². The molecule has 1 atom stereocenters. The monoisotopic (exact) mass is 439 g/mol. The maximum atomic E-state index is 13.4. The van der Waals surface area contributed by atoms with Crippen LogP contribution in [0.3, 0.4) is 0 Å². The molecule has 0 bridgehead atoms. The van der Waals surface area contributed by atoms with Gasteiger partial charge in [-0.25, -0.2) is 13.4 Å². The van der Waals surface area contributed by atoms with Gasteiger partial charge >= 0.3 is 0 Å². The van der Waals surface area contributed by atoms with Crippen molar-refractivity contribution in [3.05, 3.63) is 83.8 Å². The molecule has 1 amide bonds. The zero-order chi connectivity index (χ0) is 22.0. The molecule has 1 unspecified atom stereocenters. The molecule has 0 fully saturated rings. The molecular weight excluding hydrogens is 418 g/mol. The minimum absolute atomic E-state index is 0.320. The number of carbonyl (C=O) groups is 1. The third-order valence-corrected chi connectivity index (χ3v) is 5.43. The van der Waals surface area contributed by atoms with Crippen LogP contribution in [0, 0.1) is 0 Å². The van der Waals surface area contributed by atoms with Gasteiger partial charge in [-0.1, -0.05) is 24.3 Å². The Hall–Kier alpha value is -3.59. The number of hydrogen-bond acceptors (Lipinski definition) is 6. The zero-order valence-electron chi connectivity index (χ0n) is 17.0. The van der Waals surface area contributed by atoms with Crippen molar-refractivity contribution in [3.63, 3.8) is 0 Å². The molecule has 1 aromatic heterocycles. The van der Waals surface area contributed by atoms with Crippen LogP contribution in [0.25, 0.3) is 0 Å². The smallest absolute Gasteiger partial charge is 0.278 e. The van der Waals surface area contributed by atoms with Gasteiger partial charge in [0.15, 0.2) is 0 Å². The van der Waals surface area contributed by atoms with E-state index in [1.165, 1.54) is 12.1 Å². The molecule has 0 spiro atoms. The fourth-order valence-corrected chi connectivity index (χ4v) is 4.05. The van der Waals surface area contributed by atoms with E-state index in [0.29, 0.717) is 40.5 Å². The summed E-state index contributed by atoms with van der Waals surface area (Å²) in [6.07, 6.45) is 3.06. The quantitative estimate of drug-likeness (QED) is 0.632. The summed E-state index contributed by atoms with van der Waals surface area (Å²) in [5.41, 5.74) is 2.16. The van der Waals surface area contributed by atoms with Gasteiger partial charge in [0, 0.05) is 12.1 Å². The van der Waals surface area contributed by atoms with Crippen molar-refractivity contribution >= 4 is 27.3 Å². The molecule has 9 heteroatoms. The summed E-state index contributed by atoms with van der Waals surface area (Å²) in [6.45, 7) is 0. The van der Waals surface area contributed by atoms with Gasteiger partial charge in [0.05, 0.1) is 30.9 Å². The third kappa shape index (κ3) is 4.46. The fourth-order valence-electron chi connectivity index (χ4n) is 3.50. The van der Waals surface area contributed by atoms with Crippen LogP contribution in [0.4, 0.5) is 5.69 Å². The van der Waals surface area contributed by atoms with E-state index in [1.807, 2.05) is 6.07 Å². The number of para-hydroxylation sites is 1. The van der Waals surface area contributed by atoms with Gasteiger partial charge in [-0.2, -0.15) is 5.10 Å². The zero-order valence-corrected chi connectivity index (χ0v) is 17.8. The summed E-state index contributed by atoms with van der Waals surface area (Å²) in [5.74, 6) is 0.736. The van der Waals surface area contributed by atoms with Crippen LogP contribution >= 0.6 is 0 Å². The summed E-state index contributed by atoms with van der Waals surface area (Å²) in [7, 11) is -1.91. The number of benzene rings is 2. The molecule has 1 aliphatic heterocycles. The third-order valence-electron chi connectivity index (χ3n) is 4.83. The first kappa shape index (κ1) is 20.7. The summed E-state index contributed by atoms with van der Waals surface area (Å²) >= 11 is 0. The lowest BCUT2D eigenvalue weighted by atomic mass is 10.0. The molecular formula is C22H21N3O5S. The predicted molar refractivity (Wildman–Crippen MR) is 117 cm³/mol. The van der Waals surface area contributed by atoms with Crippen molar-refractivity contribution in [2.45, 2.75) is 12.5 Å². The average molecular weight is 439 g/mol. The lowest BCUT2D eigenvalue weighted by molar-refractivity contribution is 0.0689. The van der Waals surface area contributed by atoms with E-state index in [2.05, 4.69) is 9.82 Å². The lowest BCUT2D eigenvalue weighted by Gasteiger charge is -2.20. The summed E-state index contributed by atoms with van der Waals surface area (Å²) in [4.78, 5) is 13.4. The highest BCUT2D eigenvalue weighted by Gasteiger charge is 2.36. The van der Waals surface area contributed by atoms with E-state index in [-0.39, 0.29) is 5.91 Å². The Morgan fingerprint density at radius 2 is 1.97 bits per heavy atom. The number of nitrogens with one attached hydrogen (secondary N) is 1. The number of sulfonamides is 1. The van der Waals surface area contributed by atoms with Gasteiger partial charge in [-0.15, -0.1) is 0 Å². The maximum Gasteiger partial charge on any atom is 0.278 e. The minimum atomic E-state index is -3.41. The SMILES string of the molecule is COc1ccccc1C(=O)N1N=C(c2cccc(NS(C)(=O)=O)c2)CC1c1ccco1. The molecule has 4 rings (SSSR count). The van der Waals surface area contributed by atoms with Crippen molar-refractivity contribution in [2.24, 2.45) is 5.10 Å². The Balaban J connectivity index is 1.72. The minimum Gasteiger partial charge on any atom is -0.496 e. The van der Waals surface area contributed by atoms with Crippen molar-refractivity contribution in [1.82, 2.24) is 5.01 Å². The number of nitrogens with zero attached hydrogens (tertiary/aromatic N) is 2. The second-order valence-electron chi connectivity index (χ2n) is 7.09. The standard InChI is InChI=1S/C22H21N3O5S/c1-29-20-10-4-3-9-17(20)22(26)25-19(21-11-6-12-30-21)14-18(23-25)15-7-5-8-16(13-15)24-31(2,27)28/h3-13,19,24H,14H2,1-2H3. The molecule has 0 saturated heterocycles. The number of hydrogen-bond donors (Lipinski definition) is 1. The van der Waals surface area contributed by atoms with Crippen LogP contribution in [0.1, 0.15) is 34.1 Å². The van der Waals surface area contributed by atoms with Crippen LogP contribution in [0.15, 0.2) is 76.4 Å². The van der Waals surface area contributed by atoms with E-state index >= 15 is 0 Å². The second-order valence-corrected chi connectivity index (χ2v) is 8.84. The Labute approximate surface area is 180 Å². The summed E-state index contributed by atoms with van der Waals surface area (Å²) in [5, 5.41) is 5.98. The molecule has 31 heavy (non-hydrogen) atoms. The molecule has 1 aliphatic rings. The lowest BCUT2D eigenvalue weighted by Crippen LogP contribution is -2.27. The molecule has 2 aromatic carbocycles. The van der Waals surface area contributed by atoms with Gasteiger partial charge < -0.3 is 9.15 Å². The van der Waals surface area contributed by atoms with Gasteiger partial charge in [-0.05, 0) is 42.0 Å². The second kappa shape index (κ2) is 8.27. The number of anilines is 1. The number of furan rings is 1. The summed E-state index contributed by atoms with van der Waals surface area (Å²) in [6, 6.07) is 17.0. The molecule has 0 aliphatic carbocycles. The number of rotatable bonds is 6. The van der Waals surface area contributed by atoms with Gasteiger partial charge in [0.2, 0.25) is 10.0 Å². The Morgan fingerprint density at radius 1 is 1.16 bits per heavy atom. The van der Waals surface area contributed by atoms with Gasteiger partial charge in [0.25, 0.3) is 5.91 Å². The van der Waals surface area contributed by atoms with Crippen LogP contribution in [0.2, 0.25) is 0 Å². The van der Waals surface area contributed by atoms with E-state index in [4.69, 9.17) is 9.15 Å². The molecule has 0 radical (unpaired) electrons. The number of carbonyl (C=O) groups excluding carboxylic acids is 1. The highest BCUT2D eigenvalue weighted by molar-refractivity contribution is 7.92. The number of amides is 1. The van der Waals surface area contributed by atoms with E-state index < -0.39 is 16.1 Å². The normalized spacial score (nSPS) is 16.1. The Morgan fingerprint density at radius 3 is 2.68 bits per heavy atom. The first-order chi connectivity index (χ1) is 14.9. The van der Waals surface area contributed by atoms with Crippen molar-refractivity contribution in [2.75, 3.05) is 18.1 Å². The van der Waals surface area contributed by atoms with Crippen molar-refractivity contribution in [1.29, 1.82) is 0 Å². The van der Waals surface area contributed by atoms with Crippen LogP contribution in [0.5, 0.6) is 5.75 Å². The highest BCUT2D eigenvalue weighted by atomic mass is 32.2. The maximum absolute atomic E-state index is 13.4. The topological polar surface area (TPSA) is 101 Å². The molecule has 1 N–H and O–H groups in total.